The van der Waals surface area contributed by atoms with Gasteiger partial charge in [0.25, 0.3) is 5.91 Å². The quantitative estimate of drug-likeness (QED) is 0.928. The van der Waals surface area contributed by atoms with Crippen molar-refractivity contribution < 1.29 is 18.0 Å². The van der Waals surface area contributed by atoms with Gasteiger partial charge in [0.2, 0.25) is 0 Å². The van der Waals surface area contributed by atoms with Gasteiger partial charge >= 0.3 is 6.18 Å². The van der Waals surface area contributed by atoms with Crippen LogP contribution in [0.2, 0.25) is 0 Å². The molecule has 0 unspecified atom stereocenters. The molecule has 1 atom stereocenters. The molecule has 3 nitrogen and oxygen atoms in total. The Morgan fingerprint density at radius 2 is 1.91 bits per heavy atom. The second-order valence-corrected chi connectivity index (χ2v) is 5.98. The minimum Gasteiger partial charge on any atom is -0.348 e. The number of halogens is 3. The molecule has 1 aromatic rings. The predicted octanol–water partition coefficient (Wildman–Crippen LogP) is 3.31. The van der Waals surface area contributed by atoms with Crippen molar-refractivity contribution in [3.63, 3.8) is 0 Å². The summed E-state index contributed by atoms with van der Waals surface area (Å²) < 4.78 is 37.5. The Morgan fingerprint density at radius 3 is 2.45 bits per heavy atom. The van der Waals surface area contributed by atoms with Crippen LogP contribution in [-0.2, 0) is 6.18 Å². The molecule has 1 amide bonds. The summed E-state index contributed by atoms with van der Waals surface area (Å²) in [6, 6.07) is 4.80. The lowest BCUT2D eigenvalue weighted by Gasteiger charge is -2.35. The number of alkyl halides is 3. The molecule has 0 spiro atoms. The highest BCUT2D eigenvalue weighted by atomic mass is 19.4. The lowest BCUT2D eigenvalue weighted by atomic mass is 10.0. The van der Waals surface area contributed by atoms with E-state index in [4.69, 9.17) is 0 Å². The maximum atomic E-state index is 12.5. The van der Waals surface area contributed by atoms with Gasteiger partial charge in [0.05, 0.1) is 5.56 Å². The minimum atomic E-state index is -4.38. The van der Waals surface area contributed by atoms with Gasteiger partial charge in [0.15, 0.2) is 0 Å². The van der Waals surface area contributed by atoms with Crippen molar-refractivity contribution in [2.45, 2.75) is 44.9 Å². The average molecular weight is 314 g/mol. The summed E-state index contributed by atoms with van der Waals surface area (Å²) >= 11 is 0. The zero-order valence-electron chi connectivity index (χ0n) is 12.8. The van der Waals surface area contributed by atoms with Crippen molar-refractivity contribution in [2.75, 3.05) is 13.1 Å². The van der Waals surface area contributed by atoms with Crippen LogP contribution in [0.4, 0.5) is 13.2 Å². The number of nitrogens with zero attached hydrogens (tertiary/aromatic N) is 1. The van der Waals surface area contributed by atoms with Crippen LogP contribution in [0.15, 0.2) is 24.3 Å². The molecule has 0 saturated carbocycles. The molecule has 6 heteroatoms. The Morgan fingerprint density at radius 1 is 1.27 bits per heavy atom. The van der Waals surface area contributed by atoms with Crippen LogP contribution >= 0.6 is 0 Å². The van der Waals surface area contributed by atoms with Gasteiger partial charge in [-0.25, -0.2) is 0 Å². The number of piperidine rings is 1. The Kier molecular flexibility index (Phi) is 5.11. The van der Waals surface area contributed by atoms with Crippen LogP contribution in [0.3, 0.4) is 0 Å². The first-order valence-electron chi connectivity index (χ1n) is 7.49. The number of likely N-dealkylation sites (tertiary alicyclic amines) is 1. The molecular formula is C16H21F3N2O. The van der Waals surface area contributed by atoms with Crippen molar-refractivity contribution in [1.29, 1.82) is 0 Å². The number of hydrogen-bond donors (Lipinski definition) is 1. The summed E-state index contributed by atoms with van der Waals surface area (Å²) in [5, 5.41) is 2.92. The highest BCUT2D eigenvalue weighted by Crippen LogP contribution is 2.29. The Hall–Kier alpha value is -1.56. The van der Waals surface area contributed by atoms with E-state index in [1.54, 1.807) is 0 Å². The van der Waals surface area contributed by atoms with Crippen molar-refractivity contribution in [3.8, 4) is 0 Å². The van der Waals surface area contributed by atoms with Crippen LogP contribution in [0.25, 0.3) is 0 Å². The first-order chi connectivity index (χ1) is 10.3. The number of carbonyl (C=O) groups is 1. The van der Waals surface area contributed by atoms with E-state index in [1.807, 2.05) is 0 Å². The Balaban J connectivity index is 1.97. The highest BCUT2D eigenvalue weighted by molar-refractivity contribution is 5.94. The fraction of sp³-hybridized carbons (Fsp3) is 0.562. The molecule has 22 heavy (non-hydrogen) atoms. The number of hydrogen-bond acceptors (Lipinski definition) is 2. The SMILES string of the molecule is CC(C)N1CCC[C@@H](NC(=O)c2ccc(C(F)(F)F)cc2)C1. The van der Waals surface area contributed by atoms with Crippen LogP contribution < -0.4 is 5.32 Å². The molecule has 1 saturated heterocycles. The number of nitrogens with one attached hydrogen (secondary N) is 1. The number of amides is 1. The van der Waals surface area contributed by atoms with Gasteiger partial charge in [-0.15, -0.1) is 0 Å². The standard InChI is InChI=1S/C16H21F3N2O/c1-11(2)21-9-3-4-14(10-21)20-15(22)12-5-7-13(8-6-12)16(17,18)19/h5-8,11,14H,3-4,9-10H2,1-2H3,(H,20,22)/t14-/m1/s1. The van der Waals surface area contributed by atoms with E-state index >= 15 is 0 Å². The van der Waals surface area contributed by atoms with Crippen molar-refractivity contribution in [1.82, 2.24) is 10.2 Å². The Bertz CT molecular complexity index is 511. The smallest absolute Gasteiger partial charge is 0.348 e. The van der Waals surface area contributed by atoms with E-state index in [2.05, 4.69) is 24.1 Å². The van der Waals surface area contributed by atoms with Gasteiger partial charge in [0.1, 0.15) is 0 Å². The molecule has 0 aliphatic carbocycles. The summed E-state index contributed by atoms with van der Waals surface area (Å²) in [5.74, 6) is -0.315. The predicted molar refractivity (Wildman–Crippen MR) is 78.6 cm³/mol. The third-order valence-electron chi connectivity index (χ3n) is 3.99. The van der Waals surface area contributed by atoms with Gasteiger partial charge in [0, 0.05) is 24.2 Å². The summed E-state index contributed by atoms with van der Waals surface area (Å²) in [4.78, 5) is 14.4. The lowest BCUT2D eigenvalue weighted by molar-refractivity contribution is -0.137. The average Bonchev–Trinajstić information content (AvgIpc) is 2.46. The minimum absolute atomic E-state index is 0.0472. The fourth-order valence-electron chi connectivity index (χ4n) is 2.67. The summed E-state index contributed by atoms with van der Waals surface area (Å²) in [5.41, 5.74) is -0.484. The normalized spacial score (nSPS) is 20.2. The lowest BCUT2D eigenvalue weighted by Crippen LogP contribution is -2.49. The summed E-state index contributed by atoms with van der Waals surface area (Å²) in [6.07, 6.45) is -2.47. The highest BCUT2D eigenvalue weighted by Gasteiger charge is 2.30. The molecule has 1 aliphatic rings. The van der Waals surface area contributed by atoms with E-state index in [-0.39, 0.29) is 17.5 Å². The van der Waals surface area contributed by atoms with Gasteiger partial charge in [-0.3, -0.25) is 9.69 Å². The molecule has 1 fully saturated rings. The fourth-order valence-corrected chi connectivity index (χ4v) is 2.67. The molecule has 0 aromatic heterocycles. The molecule has 1 aliphatic heterocycles. The number of carbonyl (C=O) groups excluding carboxylic acids is 1. The molecular weight excluding hydrogens is 293 g/mol. The van der Waals surface area contributed by atoms with Crippen molar-refractivity contribution in [3.05, 3.63) is 35.4 Å². The third-order valence-corrected chi connectivity index (χ3v) is 3.99. The molecule has 1 heterocycles. The van der Waals surface area contributed by atoms with Crippen LogP contribution in [-0.4, -0.2) is 36.0 Å². The van der Waals surface area contributed by atoms with E-state index in [0.29, 0.717) is 6.04 Å². The second kappa shape index (κ2) is 6.69. The van der Waals surface area contributed by atoms with E-state index in [1.165, 1.54) is 12.1 Å². The first-order valence-corrected chi connectivity index (χ1v) is 7.49. The molecule has 0 bridgehead atoms. The number of benzene rings is 1. The maximum Gasteiger partial charge on any atom is 0.416 e. The summed E-state index contributed by atoms with van der Waals surface area (Å²) in [6.45, 7) is 6.02. The van der Waals surface area contributed by atoms with Crippen molar-refractivity contribution in [2.24, 2.45) is 0 Å². The summed E-state index contributed by atoms with van der Waals surface area (Å²) in [7, 11) is 0. The molecule has 1 aromatic carbocycles. The van der Waals surface area contributed by atoms with Crippen LogP contribution in [0.5, 0.6) is 0 Å². The van der Waals surface area contributed by atoms with Gasteiger partial charge in [-0.2, -0.15) is 13.2 Å². The molecule has 0 radical (unpaired) electrons. The van der Waals surface area contributed by atoms with E-state index in [0.717, 1.165) is 38.1 Å². The van der Waals surface area contributed by atoms with Gasteiger partial charge in [-0.05, 0) is 57.5 Å². The monoisotopic (exact) mass is 314 g/mol. The van der Waals surface area contributed by atoms with Crippen LogP contribution in [0, 0.1) is 0 Å². The van der Waals surface area contributed by atoms with Gasteiger partial charge < -0.3 is 5.32 Å². The molecule has 1 N–H and O–H groups in total. The largest absolute Gasteiger partial charge is 0.416 e. The topological polar surface area (TPSA) is 32.3 Å². The molecule has 122 valence electrons. The van der Waals surface area contributed by atoms with Crippen molar-refractivity contribution >= 4 is 5.91 Å². The van der Waals surface area contributed by atoms with E-state index in [9.17, 15) is 18.0 Å². The van der Waals surface area contributed by atoms with E-state index < -0.39 is 11.7 Å². The zero-order chi connectivity index (χ0) is 16.3. The molecule has 2 rings (SSSR count). The third kappa shape index (κ3) is 4.22. The first kappa shape index (κ1) is 16.8. The second-order valence-electron chi connectivity index (χ2n) is 5.98. The number of rotatable bonds is 3. The van der Waals surface area contributed by atoms with Crippen LogP contribution in [0.1, 0.15) is 42.6 Å². The Labute approximate surface area is 128 Å². The zero-order valence-corrected chi connectivity index (χ0v) is 12.8. The maximum absolute atomic E-state index is 12.5. The van der Waals surface area contributed by atoms with Gasteiger partial charge in [-0.1, -0.05) is 0 Å².